The van der Waals surface area contributed by atoms with Crippen molar-refractivity contribution in [1.29, 1.82) is 0 Å². The highest BCUT2D eigenvalue weighted by Gasteiger charge is 2.24. The van der Waals surface area contributed by atoms with Crippen molar-refractivity contribution in [3.05, 3.63) is 30.2 Å². The number of benzene rings is 1. The summed E-state index contributed by atoms with van der Waals surface area (Å²) in [6, 6.07) is 3.89. The lowest BCUT2D eigenvalue weighted by Gasteiger charge is -2.28. The van der Waals surface area contributed by atoms with Crippen LogP contribution < -0.4 is 32.5 Å². The summed E-state index contributed by atoms with van der Waals surface area (Å²) in [6.45, 7) is 3.05. The van der Waals surface area contributed by atoms with Gasteiger partial charge >= 0.3 is 6.03 Å². The van der Waals surface area contributed by atoms with E-state index in [1.807, 2.05) is 0 Å². The monoisotopic (exact) mass is 394 g/mol. The number of amides is 2. The zero-order valence-corrected chi connectivity index (χ0v) is 15.7. The Morgan fingerprint density at radius 2 is 2.07 bits per heavy atom. The number of hydrogen-bond acceptors (Lipinski definition) is 9. The molecule has 12 heteroatoms. The van der Waals surface area contributed by atoms with Crippen LogP contribution in [0, 0.1) is 5.82 Å². The molecule has 1 heterocycles. The third-order valence-corrected chi connectivity index (χ3v) is 3.52. The molecule has 0 aliphatic carbocycles. The lowest BCUT2D eigenvalue weighted by atomic mass is 10.1. The molecule has 0 atom stereocenters. The summed E-state index contributed by atoms with van der Waals surface area (Å²) in [5.74, 6) is 10.6. The molecule has 0 aliphatic rings. The van der Waals surface area contributed by atoms with Crippen molar-refractivity contribution in [2.75, 3.05) is 29.7 Å². The lowest BCUT2D eigenvalue weighted by molar-refractivity contribution is 0.0416. The first-order chi connectivity index (χ1) is 13.0. The highest BCUT2D eigenvalue weighted by Crippen LogP contribution is 2.34. The highest BCUT2D eigenvalue weighted by atomic mass is 19.1. The summed E-state index contributed by atoms with van der Waals surface area (Å²) in [5, 5.41) is 13.9. The van der Waals surface area contributed by atoms with Crippen LogP contribution in [-0.2, 0) is 0 Å². The SMILES string of the molecule is CN(N)C(=O)N(N)c1cc(Nc2ncc(F)c(N)n2)ccc1OC(C)(C)CO. The molecule has 2 aromatic rings. The molecule has 0 aliphatic heterocycles. The van der Waals surface area contributed by atoms with Crippen LogP contribution in [0.3, 0.4) is 0 Å². The van der Waals surface area contributed by atoms with Gasteiger partial charge < -0.3 is 20.9 Å². The number of anilines is 4. The zero-order chi connectivity index (χ0) is 21.1. The molecular weight excluding hydrogens is 371 g/mol. The predicted octanol–water partition coefficient (Wildman–Crippen LogP) is 0.697. The molecule has 0 saturated carbocycles. The predicted molar refractivity (Wildman–Crippen MR) is 102 cm³/mol. The summed E-state index contributed by atoms with van der Waals surface area (Å²) < 4.78 is 19.0. The molecule has 28 heavy (non-hydrogen) atoms. The maximum Gasteiger partial charge on any atom is 0.352 e. The minimum Gasteiger partial charge on any atom is -0.483 e. The molecule has 2 rings (SSSR count). The van der Waals surface area contributed by atoms with E-state index < -0.39 is 17.4 Å². The second kappa shape index (κ2) is 8.21. The first kappa shape index (κ1) is 21.1. The average molecular weight is 394 g/mol. The van der Waals surface area contributed by atoms with E-state index in [4.69, 9.17) is 22.2 Å². The average Bonchev–Trinajstić information content (AvgIpc) is 2.64. The minimum atomic E-state index is -0.934. The Hall–Kier alpha value is -3.22. The fourth-order valence-electron chi connectivity index (χ4n) is 2.04. The number of nitrogens with one attached hydrogen (secondary N) is 1. The summed E-state index contributed by atoms with van der Waals surface area (Å²) >= 11 is 0. The van der Waals surface area contributed by atoms with Crippen LogP contribution in [0.4, 0.5) is 32.3 Å². The molecule has 152 valence electrons. The number of nitrogens with zero attached hydrogens (tertiary/aromatic N) is 4. The van der Waals surface area contributed by atoms with Crippen molar-refractivity contribution in [3.63, 3.8) is 0 Å². The Bertz CT molecular complexity index is 862. The maximum absolute atomic E-state index is 13.2. The highest BCUT2D eigenvalue weighted by molar-refractivity contribution is 5.92. The molecular formula is C16H23FN8O3. The Kier molecular flexibility index (Phi) is 6.18. The maximum atomic E-state index is 13.2. The molecule has 1 aromatic carbocycles. The third-order valence-electron chi connectivity index (χ3n) is 3.52. The number of hydrazine groups is 2. The number of aromatic nitrogens is 2. The first-order valence-corrected chi connectivity index (χ1v) is 8.10. The topological polar surface area (TPSA) is 169 Å². The van der Waals surface area contributed by atoms with Crippen LogP contribution >= 0.6 is 0 Å². The van der Waals surface area contributed by atoms with E-state index in [1.165, 1.54) is 19.2 Å². The van der Waals surface area contributed by atoms with E-state index in [0.29, 0.717) is 5.69 Å². The first-order valence-electron chi connectivity index (χ1n) is 8.10. The fraction of sp³-hybridized carbons (Fsp3) is 0.312. The Morgan fingerprint density at radius 3 is 2.64 bits per heavy atom. The van der Waals surface area contributed by atoms with Gasteiger partial charge in [0.25, 0.3) is 0 Å². The van der Waals surface area contributed by atoms with E-state index in [1.54, 1.807) is 19.9 Å². The smallest absolute Gasteiger partial charge is 0.352 e. The molecule has 8 N–H and O–H groups in total. The van der Waals surface area contributed by atoms with Gasteiger partial charge in [-0.25, -0.2) is 30.9 Å². The van der Waals surface area contributed by atoms with Gasteiger partial charge in [0, 0.05) is 12.7 Å². The van der Waals surface area contributed by atoms with Gasteiger partial charge in [-0.05, 0) is 32.0 Å². The molecule has 11 nitrogen and oxygen atoms in total. The van der Waals surface area contributed by atoms with Crippen LogP contribution in [0.5, 0.6) is 5.75 Å². The summed E-state index contributed by atoms with van der Waals surface area (Å²) in [7, 11) is 1.33. The van der Waals surface area contributed by atoms with Crippen molar-refractivity contribution in [3.8, 4) is 5.75 Å². The number of halogens is 1. The Balaban J connectivity index is 2.42. The molecule has 0 spiro atoms. The van der Waals surface area contributed by atoms with Crippen molar-refractivity contribution in [1.82, 2.24) is 15.0 Å². The van der Waals surface area contributed by atoms with Crippen LogP contribution in [0.2, 0.25) is 0 Å². The fourth-order valence-corrected chi connectivity index (χ4v) is 2.04. The van der Waals surface area contributed by atoms with Gasteiger partial charge in [-0.15, -0.1) is 0 Å². The molecule has 0 fully saturated rings. The van der Waals surface area contributed by atoms with Gasteiger partial charge in [-0.2, -0.15) is 4.98 Å². The van der Waals surface area contributed by atoms with Crippen molar-refractivity contribution < 1.29 is 19.0 Å². The molecule has 1 aromatic heterocycles. The second-order valence-electron chi connectivity index (χ2n) is 6.52. The van der Waals surface area contributed by atoms with E-state index >= 15 is 0 Å². The number of aliphatic hydroxyl groups excluding tert-OH is 1. The van der Waals surface area contributed by atoms with Crippen LogP contribution in [0.25, 0.3) is 0 Å². The number of nitrogen functional groups attached to an aromatic ring is 1. The van der Waals surface area contributed by atoms with Gasteiger partial charge in [0.15, 0.2) is 11.6 Å². The van der Waals surface area contributed by atoms with E-state index in [9.17, 15) is 14.3 Å². The van der Waals surface area contributed by atoms with Crippen LogP contribution in [0.15, 0.2) is 24.4 Å². The third kappa shape index (κ3) is 4.94. The van der Waals surface area contributed by atoms with Crippen LogP contribution in [-0.4, -0.2) is 45.4 Å². The number of urea groups is 1. The summed E-state index contributed by atoms with van der Waals surface area (Å²) in [5.41, 5.74) is 5.07. The number of rotatable bonds is 6. The quantitative estimate of drug-likeness (QED) is 0.269. The van der Waals surface area contributed by atoms with Crippen LogP contribution in [0.1, 0.15) is 13.8 Å². The number of nitrogens with two attached hydrogens (primary N) is 3. The van der Waals surface area contributed by atoms with Gasteiger partial charge in [0.05, 0.1) is 12.8 Å². The van der Waals surface area contributed by atoms with Crippen molar-refractivity contribution >= 4 is 29.2 Å². The molecule has 0 unspecified atom stereocenters. The molecule has 0 radical (unpaired) electrons. The normalized spacial score (nSPS) is 11.1. The molecule has 2 amide bonds. The zero-order valence-electron chi connectivity index (χ0n) is 15.7. The van der Waals surface area contributed by atoms with Gasteiger partial charge in [0.2, 0.25) is 5.95 Å². The number of carbonyl (C=O) groups is 1. The number of hydrogen-bond donors (Lipinski definition) is 5. The van der Waals surface area contributed by atoms with Gasteiger partial charge in [-0.1, -0.05) is 0 Å². The van der Waals surface area contributed by atoms with Gasteiger partial charge in [-0.3, -0.25) is 5.01 Å². The van der Waals surface area contributed by atoms with E-state index in [2.05, 4.69) is 15.3 Å². The lowest BCUT2D eigenvalue weighted by Crippen LogP contribution is -2.49. The van der Waals surface area contributed by atoms with E-state index in [-0.39, 0.29) is 29.8 Å². The second-order valence-corrected chi connectivity index (χ2v) is 6.52. The molecule has 0 bridgehead atoms. The van der Waals surface area contributed by atoms with Gasteiger partial charge in [0.1, 0.15) is 17.0 Å². The number of carbonyl (C=O) groups excluding carboxylic acids is 1. The Labute approximate surface area is 160 Å². The Morgan fingerprint density at radius 1 is 1.39 bits per heavy atom. The summed E-state index contributed by atoms with van der Waals surface area (Å²) in [6.07, 6.45) is 0.926. The van der Waals surface area contributed by atoms with Crippen molar-refractivity contribution in [2.24, 2.45) is 11.7 Å². The number of ether oxygens (including phenoxy) is 1. The summed E-state index contributed by atoms with van der Waals surface area (Å²) in [4.78, 5) is 19.7. The standard InChI is InChI=1S/C16H23FN8O3/c1-16(2,8-26)28-12-5-4-9(6-11(12)25(20)15(27)24(3)19)22-14-21-7-10(17)13(18)23-14/h4-7,26H,8,19-20H2,1-3H3,(H3,18,21,22,23). The molecule has 0 saturated heterocycles. The largest absolute Gasteiger partial charge is 0.483 e. The minimum absolute atomic E-state index is 0.0417. The van der Waals surface area contributed by atoms with E-state index in [0.717, 1.165) is 16.2 Å². The number of aliphatic hydroxyl groups is 1. The van der Waals surface area contributed by atoms with Crippen molar-refractivity contribution in [2.45, 2.75) is 19.4 Å².